The van der Waals surface area contributed by atoms with Gasteiger partial charge in [-0.2, -0.15) is 0 Å². The molecule has 2 unspecified atom stereocenters. The van der Waals surface area contributed by atoms with Gasteiger partial charge in [0.1, 0.15) is 9.84 Å². The van der Waals surface area contributed by atoms with Crippen LogP contribution in [-0.4, -0.2) is 67.5 Å². The van der Waals surface area contributed by atoms with Crippen LogP contribution in [-0.2, 0) is 9.84 Å². The molecule has 3 heterocycles. The van der Waals surface area contributed by atoms with Gasteiger partial charge < -0.3 is 0 Å². The van der Waals surface area contributed by atoms with E-state index in [4.69, 9.17) is 0 Å². The van der Waals surface area contributed by atoms with Crippen molar-refractivity contribution in [3.63, 3.8) is 0 Å². The van der Waals surface area contributed by atoms with Crippen LogP contribution in [0.25, 0.3) is 0 Å². The Kier molecular flexibility index (Phi) is 3.41. The van der Waals surface area contributed by atoms with Gasteiger partial charge in [-0.1, -0.05) is 0 Å². The SMILES string of the molecule is CC1CN2CCCC2CN1C1CCS(=O)(=O)CC1. The lowest BCUT2D eigenvalue weighted by molar-refractivity contribution is 0.0247. The fourth-order valence-corrected chi connectivity index (χ4v) is 5.39. The first-order valence-corrected chi connectivity index (χ1v) is 9.07. The first-order chi connectivity index (χ1) is 8.55. The zero-order chi connectivity index (χ0) is 12.8. The molecule has 0 spiro atoms. The average molecular weight is 272 g/mol. The number of fused-ring (bicyclic) bond motifs is 1. The molecule has 0 aliphatic carbocycles. The van der Waals surface area contributed by atoms with E-state index < -0.39 is 9.84 Å². The maximum atomic E-state index is 11.5. The lowest BCUT2D eigenvalue weighted by Gasteiger charge is -2.47. The van der Waals surface area contributed by atoms with E-state index in [-0.39, 0.29) is 0 Å². The van der Waals surface area contributed by atoms with Crippen molar-refractivity contribution in [1.29, 1.82) is 0 Å². The highest BCUT2D eigenvalue weighted by Gasteiger charge is 2.38. The van der Waals surface area contributed by atoms with E-state index in [0.717, 1.165) is 25.4 Å². The second-order valence-corrected chi connectivity index (χ2v) is 8.52. The molecule has 5 heteroatoms. The Morgan fingerprint density at radius 3 is 2.44 bits per heavy atom. The van der Waals surface area contributed by atoms with E-state index in [2.05, 4.69) is 16.7 Å². The van der Waals surface area contributed by atoms with E-state index in [1.165, 1.54) is 25.9 Å². The number of sulfone groups is 1. The molecule has 2 atom stereocenters. The van der Waals surface area contributed by atoms with Crippen LogP contribution in [0.15, 0.2) is 0 Å². The molecule has 0 saturated carbocycles. The van der Waals surface area contributed by atoms with Gasteiger partial charge in [0.25, 0.3) is 0 Å². The van der Waals surface area contributed by atoms with Gasteiger partial charge in [0, 0.05) is 31.2 Å². The molecule has 0 N–H and O–H groups in total. The Hall–Kier alpha value is -0.130. The first-order valence-electron chi connectivity index (χ1n) is 7.25. The van der Waals surface area contributed by atoms with Crippen molar-refractivity contribution in [2.45, 2.75) is 50.7 Å². The molecule has 4 nitrogen and oxygen atoms in total. The van der Waals surface area contributed by atoms with Gasteiger partial charge in [-0.05, 0) is 39.2 Å². The second-order valence-electron chi connectivity index (χ2n) is 6.22. The first kappa shape index (κ1) is 12.9. The maximum absolute atomic E-state index is 11.5. The summed E-state index contributed by atoms with van der Waals surface area (Å²) in [7, 11) is -2.73. The standard InChI is InChI=1S/C13H24N2O2S/c1-11-9-14-6-2-3-13(14)10-15(11)12-4-7-18(16,17)8-5-12/h11-13H,2-10H2,1H3. The Labute approximate surface area is 110 Å². The minimum Gasteiger partial charge on any atom is -0.298 e. The average Bonchev–Trinajstić information content (AvgIpc) is 2.75. The Bertz CT molecular complexity index is 395. The molecule has 3 aliphatic rings. The summed E-state index contributed by atoms with van der Waals surface area (Å²) in [5.41, 5.74) is 0. The third-order valence-electron chi connectivity index (χ3n) is 4.98. The monoisotopic (exact) mass is 272 g/mol. The van der Waals surface area contributed by atoms with Gasteiger partial charge in [0.15, 0.2) is 0 Å². The summed E-state index contributed by atoms with van der Waals surface area (Å²) in [6.07, 6.45) is 4.36. The zero-order valence-electron chi connectivity index (χ0n) is 11.2. The van der Waals surface area contributed by atoms with Gasteiger partial charge in [-0.15, -0.1) is 0 Å². The predicted molar refractivity (Wildman–Crippen MR) is 72.4 cm³/mol. The molecule has 0 bridgehead atoms. The summed E-state index contributed by atoms with van der Waals surface area (Å²) < 4.78 is 23.0. The number of piperazine rings is 1. The quantitative estimate of drug-likeness (QED) is 0.706. The highest BCUT2D eigenvalue weighted by atomic mass is 32.2. The molecule has 18 heavy (non-hydrogen) atoms. The van der Waals surface area contributed by atoms with E-state index in [9.17, 15) is 8.42 Å². The summed E-state index contributed by atoms with van der Waals surface area (Å²) in [5, 5.41) is 0. The molecule has 0 aromatic rings. The smallest absolute Gasteiger partial charge is 0.150 e. The fourth-order valence-electron chi connectivity index (χ4n) is 3.93. The van der Waals surface area contributed by atoms with Gasteiger partial charge in [-0.3, -0.25) is 9.80 Å². The maximum Gasteiger partial charge on any atom is 0.150 e. The van der Waals surface area contributed by atoms with Crippen LogP contribution < -0.4 is 0 Å². The molecule has 0 radical (unpaired) electrons. The topological polar surface area (TPSA) is 40.6 Å². The molecule has 0 amide bonds. The Morgan fingerprint density at radius 2 is 1.72 bits per heavy atom. The van der Waals surface area contributed by atoms with Crippen LogP contribution in [0.2, 0.25) is 0 Å². The van der Waals surface area contributed by atoms with Gasteiger partial charge in [0.05, 0.1) is 11.5 Å². The van der Waals surface area contributed by atoms with Crippen LogP contribution in [0.4, 0.5) is 0 Å². The van der Waals surface area contributed by atoms with Crippen molar-refractivity contribution in [2.75, 3.05) is 31.1 Å². The molecule has 3 aliphatic heterocycles. The van der Waals surface area contributed by atoms with Crippen molar-refractivity contribution in [2.24, 2.45) is 0 Å². The van der Waals surface area contributed by atoms with E-state index in [0.29, 0.717) is 23.6 Å². The highest BCUT2D eigenvalue weighted by molar-refractivity contribution is 7.91. The minimum absolute atomic E-state index is 0.398. The molecule has 0 aromatic heterocycles. The fraction of sp³-hybridized carbons (Fsp3) is 1.00. The lowest BCUT2D eigenvalue weighted by atomic mass is 10.0. The third kappa shape index (κ3) is 2.45. The van der Waals surface area contributed by atoms with Gasteiger partial charge >= 0.3 is 0 Å². The molecule has 3 fully saturated rings. The van der Waals surface area contributed by atoms with Crippen molar-refractivity contribution >= 4 is 9.84 Å². The Morgan fingerprint density at radius 1 is 1.00 bits per heavy atom. The summed E-state index contributed by atoms with van der Waals surface area (Å²) in [6, 6.07) is 1.83. The molecule has 3 saturated heterocycles. The van der Waals surface area contributed by atoms with E-state index in [1.807, 2.05) is 0 Å². The van der Waals surface area contributed by atoms with E-state index in [1.54, 1.807) is 0 Å². The number of nitrogens with zero attached hydrogens (tertiary/aromatic N) is 2. The summed E-state index contributed by atoms with van der Waals surface area (Å²) in [6.45, 7) is 5.90. The second kappa shape index (κ2) is 4.76. The largest absolute Gasteiger partial charge is 0.298 e. The van der Waals surface area contributed by atoms with Gasteiger partial charge in [0.2, 0.25) is 0 Å². The summed E-state index contributed by atoms with van der Waals surface area (Å²) in [5.74, 6) is 0.796. The lowest BCUT2D eigenvalue weighted by Crippen LogP contribution is -2.59. The normalized spacial score (nSPS) is 38.7. The van der Waals surface area contributed by atoms with Crippen LogP contribution >= 0.6 is 0 Å². The molecule has 104 valence electrons. The number of hydrogen-bond donors (Lipinski definition) is 0. The van der Waals surface area contributed by atoms with Crippen LogP contribution in [0.5, 0.6) is 0 Å². The van der Waals surface area contributed by atoms with Crippen LogP contribution in [0.3, 0.4) is 0 Å². The van der Waals surface area contributed by atoms with Crippen molar-refractivity contribution in [1.82, 2.24) is 9.80 Å². The molecular weight excluding hydrogens is 248 g/mol. The third-order valence-corrected chi connectivity index (χ3v) is 6.69. The van der Waals surface area contributed by atoms with Crippen molar-refractivity contribution in [3.05, 3.63) is 0 Å². The van der Waals surface area contributed by atoms with Crippen molar-refractivity contribution in [3.8, 4) is 0 Å². The molecular formula is C13H24N2O2S. The van der Waals surface area contributed by atoms with Gasteiger partial charge in [-0.25, -0.2) is 8.42 Å². The molecule has 3 rings (SSSR count). The minimum atomic E-state index is -2.73. The Balaban J connectivity index is 1.65. The number of hydrogen-bond acceptors (Lipinski definition) is 4. The summed E-state index contributed by atoms with van der Waals surface area (Å²) >= 11 is 0. The molecule has 0 aromatic carbocycles. The van der Waals surface area contributed by atoms with E-state index >= 15 is 0 Å². The summed E-state index contributed by atoms with van der Waals surface area (Å²) in [4.78, 5) is 5.22. The zero-order valence-corrected chi connectivity index (χ0v) is 12.0. The predicted octanol–water partition coefficient (Wildman–Crippen LogP) is 0.732. The van der Waals surface area contributed by atoms with Crippen LogP contribution in [0, 0.1) is 0 Å². The van der Waals surface area contributed by atoms with Crippen LogP contribution in [0.1, 0.15) is 32.6 Å². The number of rotatable bonds is 1. The highest BCUT2D eigenvalue weighted by Crippen LogP contribution is 2.29. The van der Waals surface area contributed by atoms with Crippen molar-refractivity contribution < 1.29 is 8.42 Å².